The van der Waals surface area contributed by atoms with Crippen molar-refractivity contribution < 1.29 is 9.78 Å². The third-order valence-electron chi connectivity index (χ3n) is 3.89. The van der Waals surface area contributed by atoms with Crippen LogP contribution in [-0.2, 0) is 9.78 Å². The van der Waals surface area contributed by atoms with Crippen molar-refractivity contribution in [3.8, 4) is 0 Å². The van der Waals surface area contributed by atoms with Gasteiger partial charge in [0.15, 0.2) is 0 Å². The molecule has 1 heterocycles. The molecule has 1 aliphatic heterocycles. The highest BCUT2D eigenvalue weighted by molar-refractivity contribution is 5.00. The number of hydrogen-bond donors (Lipinski definition) is 0. The van der Waals surface area contributed by atoms with Crippen LogP contribution in [0.2, 0.25) is 0 Å². The molecule has 1 saturated heterocycles. The predicted molar refractivity (Wildman–Crippen MR) is 66.9 cm³/mol. The first kappa shape index (κ1) is 13.5. The molecule has 1 aliphatic rings. The summed E-state index contributed by atoms with van der Waals surface area (Å²) in [6.07, 6.45) is 6.72. The smallest absolute Gasteiger partial charge is 0.113 e. The average Bonchev–Trinajstić information content (AvgIpc) is 2.26. The maximum absolute atomic E-state index is 5.66. The van der Waals surface area contributed by atoms with E-state index in [0.717, 1.165) is 19.3 Å². The van der Waals surface area contributed by atoms with Crippen molar-refractivity contribution in [3.63, 3.8) is 0 Å². The van der Waals surface area contributed by atoms with Crippen molar-refractivity contribution in [3.05, 3.63) is 25.3 Å². The van der Waals surface area contributed by atoms with Crippen LogP contribution in [0, 0.1) is 11.8 Å². The second kappa shape index (κ2) is 5.65. The van der Waals surface area contributed by atoms with E-state index in [2.05, 4.69) is 33.9 Å². The van der Waals surface area contributed by atoms with Gasteiger partial charge in [-0.3, -0.25) is 0 Å². The Kier molecular flexibility index (Phi) is 4.75. The van der Waals surface area contributed by atoms with E-state index in [9.17, 15) is 0 Å². The molecule has 0 aromatic heterocycles. The van der Waals surface area contributed by atoms with Gasteiger partial charge in [-0.25, -0.2) is 9.78 Å². The Bertz CT molecular complexity index is 237. The predicted octanol–water partition coefficient (Wildman–Crippen LogP) is 3.89. The van der Waals surface area contributed by atoms with Crippen LogP contribution in [0.5, 0.6) is 0 Å². The van der Waals surface area contributed by atoms with Crippen molar-refractivity contribution in [1.82, 2.24) is 0 Å². The van der Waals surface area contributed by atoms with Gasteiger partial charge >= 0.3 is 0 Å². The monoisotopic (exact) mass is 224 g/mol. The normalized spacial score (nSPS) is 33.3. The summed E-state index contributed by atoms with van der Waals surface area (Å²) >= 11 is 0. The van der Waals surface area contributed by atoms with E-state index in [0.29, 0.717) is 11.8 Å². The molecule has 1 fully saturated rings. The quantitative estimate of drug-likeness (QED) is 0.521. The molecule has 1 rings (SSSR count). The first-order chi connectivity index (χ1) is 7.61. The topological polar surface area (TPSA) is 18.5 Å². The standard InChI is InChI=1S/C14H24O2/c1-6-9-14(10-7-2)11(4)13(8-3)12(5)15-16-14/h6-7,11-13H,1-2,8-10H2,3-5H3. The summed E-state index contributed by atoms with van der Waals surface area (Å²) in [6.45, 7) is 14.2. The molecule has 2 heteroatoms. The lowest BCUT2D eigenvalue weighted by Crippen LogP contribution is -2.50. The zero-order valence-corrected chi connectivity index (χ0v) is 10.7. The van der Waals surface area contributed by atoms with E-state index in [1.807, 2.05) is 12.2 Å². The third-order valence-corrected chi connectivity index (χ3v) is 3.89. The molecule has 0 amide bonds. The van der Waals surface area contributed by atoms with Crippen LogP contribution < -0.4 is 0 Å². The fourth-order valence-corrected chi connectivity index (χ4v) is 2.81. The minimum atomic E-state index is -0.267. The Hall–Kier alpha value is -0.600. The minimum absolute atomic E-state index is 0.169. The molecule has 0 aliphatic carbocycles. The van der Waals surface area contributed by atoms with Crippen LogP contribution in [0.25, 0.3) is 0 Å². The van der Waals surface area contributed by atoms with Gasteiger partial charge < -0.3 is 0 Å². The molecular weight excluding hydrogens is 200 g/mol. The summed E-state index contributed by atoms with van der Waals surface area (Å²) in [7, 11) is 0. The van der Waals surface area contributed by atoms with E-state index in [-0.39, 0.29) is 11.7 Å². The number of rotatable bonds is 5. The zero-order chi connectivity index (χ0) is 12.2. The van der Waals surface area contributed by atoms with E-state index in [4.69, 9.17) is 9.78 Å². The molecule has 0 radical (unpaired) electrons. The maximum atomic E-state index is 5.66. The summed E-state index contributed by atoms with van der Waals surface area (Å²) in [5.74, 6) is 0.992. The molecule has 0 aromatic rings. The largest absolute Gasteiger partial charge is 0.233 e. The summed E-state index contributed by atoms with van der Waals surface area (Å²) < 4.78 is 0. The van der Waals surface area contributed by atoms with Crippen molar-refractivity contribution in [2.75, 3.05) is 0 Å². The van der Waals surface area contributed by atoms with Crippen LogP contribution in [0.15, 0.2) is 25.3 Å². The highest BCUT2D eigenvalue weighted by Gasteiger charge is 2.46. The average molecular weight is 224 g/mol. The van der Waals surface area contributed by atoms with Gasteiger partial charge in [-0.15, -0.1) is 13.2 Å². The SMILES string of the molecule is C=CCC1(CC=C)OOC(C)C(CC)C1C. The van der Waals surface area contributed by atoms with Gasteiger partial charge in [0.1, 0.15) is 5.60 Å². The van der Waals surface area contributed by atoms with Crippen molar-refractivity contribution in [2.24, 2.45) is 11.8 Å². The lowest BCUT2D eigenvalue weighted by Gasteiger charge is -2.47. The lowest BCUT2D eigenvalue weighted by molar-refractivity contribution is -0.431. The molecule has 0 spiro atoms. The molecule has 0 N–H and O–H groups in total. The van der Waals surface area contributed by atoms with Crippen LogP contribution in [0.4, 0.5) is 0 Å². The Morgan fingerprint density at radius 3 is 2.19 bits per heavy atom. The summed E-state index contributed by atoms with van der Waals surface area (Å²) in [6, 6.07) is 0. The second-order valence-electron chi connectivity index (χ2n) is 4.80. The van der Waals surface area contributed by atoms with Gasteiger partial charge in [-0.1, -0.05) is 32.4 Å². The highest BCUT2D eigenvalue weighted by Crippen LogP contribution is 2.43. The van der Waals surface area contributed by atoms with Crippen LogP contribution in [-0.4, -0.2) is 11.7 Å². The zero-order valence-electron chi connectivity index (χ0n) is 10.7. The summed E-state index contributed by atoms with van der Waals surface area (Å²) in [4.78, 5) is 11.1. The van der Waals surface area contributed by atoms with Gasteiger partial charge in [0, 0.05) is 0 Å². The molecule has 2 nitrogen and oxygen atoms in total. The minimum Gasteiger partial charge on any atom is -0.233 e. The van der Waals surface area contributed by atoms with Gasteiger partial charge in [-0.05, 0) is 31.6 Å². The lowest BCUT2D eigenvalue weighted by atomic mass is 9.72. The van der Waals surface area contributed by atoms with Gasteiger partial charge in [0.2, 0.25) is 0 Å². The molecular formula is C14H24O2. The van der Waals surface area contributed by atoms with E-state index in [1.165, 1.54) is 0 Å². The van der Waals surface area contributed by atoms with Crippen molar-refractivity contribution in [2.45, 2.75) is 51.7 Å². The van der Waals surface area contributed by atoms with Gasteiger partial charge in [-0.2, -0.15) is 0 Å². The van der Waals surface area contributed by atoms with Gasteiger partial charge in [0.05, 0.1) is 6.10 Å². The first-order valence-corrected chi connectivity index (χ1v) is 6.17. The van der Waals surface area contributed by atoms with Crippen molar-refractivity contribution in [1.29, 1.82) is 0 Å². The van der Waals surface area contributed by atoms with Crippen molar-refractivity contribution >= 4 is 0 Å². The van der Waals surface area contributed by atoms with E-state index in [1.54, 1.807) is 0 Å². The first-order valence-electron chi connectivity index (χ1n) is 6.17. The summed E-state index contributed by atoms with van der Waals surface area (Å²) in [5, 5.41) is 0. The molecule has 0 bridgehead atoms. The van der Waals surface area contributed by atoms with Crippen LogP contribution in [0.3, 0.4) is 0 Å². The fraction of sp³-hybridized carbons (Fsp3) is 0.714. The Morgan fingerprint density at radius 2 is 1.75 bits per heavy atom. The Labute approximate surface area is 99.3 Å². The second-order valence-corrected chi connectivity index (χ2v) is 4.80. The fourth-order valence-electron chi connectivity index (χ4n) is 2.81. The molecule has 92 valence electrons. The highest BCUT2D eigenvalue weighted by atomic mass is 17.2. The number of hydrogen-bond acceptors (Lipinski definition) is 2. The Balaban J connectivity index is 2.91. The molecule has 3 atom stereocenters. The molecule has 0 saturated carbocycles. The molecule has 16 heavy (non-hydrogen) atoms. The van der Waals surface area contributed by atoms with E-state index < -0.39 is 0 Å². The summed E-state index contributed by atoms with van der Waals surface area (Å²) in [5.41, 5.74) is -0.267. The molecule has 0 aromatic carbocycles. The van der Waals surface area contributed by atoms with Crippen LogP contribution in [0.1, 0.15) is 40.0 Å². The maximum Gasteiger partial charge on any atom is 0.113 e. The van der Waals surface area contributed by atoms with Gasteiger partial charge in [0.25, 0.3) is 0 Å². The Morgan fingerprint density at radius 1 is 1.19 bits per heavy atom. The van der Waals surface area contributed by atoms with E-state index >= 15 is 0 Å². The third kappa shape index (κ3) is 2.38. The molecule has 3 unspecified atom stereocenters. The van der Waals surface area contributed by atoms with Crippen LogP contribution >= 0.6 is 0 Å².